The predicted octanol–water partition coefficient (Wildman–Crippen LogP) is 1.80. The molecular formula is C9H7ClN2O2S. The van der Waals surface area contributed by atoms with Crippen LogP contribution in [0.15, 0.2) is 30.5 Å². The van der Waals surface area contributed by atoms with Gasteiger partial charge in [-0.25, -0.2) is 10.1 Å². The molecule has 1 atom stereocenters. The second-order valence-corrected chi connectivity index (χ2v) is 3.87. The maximum atomic E-state index is 10.7. The maximum absolute atomic E-state index is 10.7. The monoisotopic (exact) mass is 242 g/mol. The fraction of sp³-hybridized carbons (Fsp3) is 0. The summed E-state index contributed by atoms with van der Waals surface area (Å²) in [7, 11) is 0. The molecule has 0 fully saturated rings. The van der Waals surface area contributed by atoms with Crippen molar-refractivity contribution >= 4 is 33.6 Å². The third-order valence-corrected chi connectivity index (χ3v) is 2.53. The Kier molecular flexibility index (Phi) is 2.86. The zero-order valence-electron chi connectivity index (χ0n) is 7.51. The molecule has 0 bridgehead atoms. The molecule has 0 aliphatic heterocycles. The van der Waals surface area contributed by atoms with Gasteiger partial charge in [-0.1, -0.05) is 17.7 Å². The predicted molar refractivity (Wildman–Crippen MR) is 59.7 cm³/mol. The van der Waals surface area contributed by atoms with E-state index in [1.54, 1.807) is 24.4 Å². The number of fused-ring (bicyclic) bond motifs is 1. The van der Waals surface area contributed by atoms with E-state index < -0.39 is 11.3 Å². The highest BCUT2D eigenvalue weighted by atomic mass is 35.5. The first-order chi connectivity index (χ1) is 7.16. The van der Waals surface area contributed by atoms with E-state index in [1.807, 2.05) is 6.07 Å². The van der Waals surface area contributed by atoms with Gasteiger partial charge in [0.05, 0.1) is 0 Å². The second kappa shape index (κ2) is 4.14. The molecule has 1 unspecified atom stereocenters. The second-order valence-electron chi connectivity index (χ2n) is 2.83. The molecule has 6 heteroatoms. The van der Waals surface area contributed by atoms with Gasteiger partial charge in [0.15, 0.2) is 0 Å². The Balaban J connectivity index is 2.54. The zero-order chi connectivity index (χ0) is 10.8. The third kappa shape index (κ3) is 2.26. The molecule has 2 aromatic rings. The van der Waals surface area contributed by atoms with Crippen LogP contribution in [0.4, 0.5) is 0 Å². The van der Waals surface area contributed by atoms with E-state index in [4.69, 9.17) is 20.9 Å². The molecule has 1 aromatic heterocycles. The molecule has 78 valence electrons. The lowest BCUT2D eigenvalue weighted by molar-refractivity contribution is 0.564. The van der Waals surface area contributed by atoms with Gasteiger partial charge in [0.25, 0.3) is 11.3 Å². The highest BCUT2D eigenvalue weighted by molar-refractivity contribution is 7.78. The van der Waals surface area contributed by atoms with Gasteiger partial charge >= 0.3 is 0 Å². The minimum Gasteiger partial charge on any atom is -0.389 e. The Morgan fingerprint density at radius 3 is 2.93 bits per heavy atom. The van der Waals surface area contributed by atoms with Crippen LogP contribution in [0.25, 0.3) is 10.8 Å². The van der Waals surface area contributed by atoms with E-state index in [1.165, 1.54) is 0 Å². The van der Waals surface area contributed by atoms with E-state index in [0.717, 1.165) is 10.8 Å². The van der Waals surface area contributed by atoms with Crippen molar-refractivity contribution in [1.82, 2.24) is 4.98 Å². The molecule has 1 heterocycles. The van der Waals surface area contributed by atoms with Crippen LogP contribution >= 0.6 is 11.6 Å². The quantitative estimate of drug-likeness (QED) is 0.817. The van der Waals surface area contributed by atoms with Crippen molar-refractivity contribution in [2.45, 2.75) is 0 Å². The number of pyridine rings is 1. The molecule has 2 rings (SSSR count). The van der Waals surface area contributed by atoms with Crippen molar-refractivity contribution in [3.63, 3.8) is 0 Å². The molecule has 0 radical (unpaired) electrons. The topological polar surface area (TPSA) is 65.2 Å². The van der Waals surface area contributed by atoms with Gasteiger partial charge in [0, 0.05) is 11.6 Å². The summed E-state index contributed by atoms with van der Waals surface area (Å²) in [5, 5.41) is 7.06. The number of nitrogens with zero attached hydrogens (tertiary/aromatic N) is 1. The van der Waals surface area contributed by atoms with E-state index in [0.29, 0.717) is 10.9 Å². The minimum atomic E-state index is -1.83. The van der Waals surface area contributed by atoms with E-state index in [9.17, 15) is 4.21 Å². The van der Waals surface area contributed by atoms with E-state index >= 15 is 0 Å². The van der Waals surface area contributed by atoms with Crippen molar-refractivity contribution in [2.75, 3.05) is 0 Å². The maximum Gasteiger partial charge on any atom is 0.285 e. The number of halogens is 1. The molecule has 0 saturated carbocycles. The Morgan fingerprint density at radius 1 is 1.40 bits per heavy atom. The number of hydrogen-bond donors (Lipinski definition) is 1. The van der Waals surface area contributed by atoms with Gasteiger partial charge < -0.3 is 4.18 Å². The van der Waals surface area contributed by atoms with Crippen LogP contribution in [0, 0.1) is 0 Å². The molecule has 4 nitrogen and oxygen atoms in total. The zero-order valence-corrected chi connectivity index (χ0v) is 9.09. The van der Waals surface area contributed by atoms with Crippen LogP contribution < -0.4 is 9.32 Å². The molecule has 0 aliphatic carbocycles. The summed E-state index contributed by atoms with van der Waals surface area (Å²) in [5.74, 6) is 0.401. The first kappa shape index (κ1) is 10.4. The lowest BCUT2D eigenvalue weighted by Crippen LogP contribution is -2.09. The Labute approximate surface area is 93.8 Å². The Hall–Kier alpha value is -1.17. The van der Waals surface area contributed by atoms with Crippen LogP contribution in [0.3, 0.4) is 0 Å². The fourth-order valence-corrected chi connectivity index (χ4v) is 1.77. The molecule has 15 heavy (non-hydrogen) atoms. The molecule has 0 spiro atoms. The van der Waals surface area contributed by atoms with Gasteiger partial charge in [-0.3, -0.25) is 0 Å². The minimum absolute atomic E-state index is 0.376. The van der Waals surface area contributed by atoms with Gasteiger partial charge in [-0.15, -0.1) is 0 Å². The van der Waals surface area contributed by atoms with E-state index in [2.05, 4.69) is 4.98 Å². The standard InChI is InChI=1S/C9H7ClN2O2S/c10-9-8-5-7(14-15(11)13)2-1-6(8)3-4-12-9/h1-5H,11H2. The third-order valence-electron chi connectivity index (χ3n) is 1.87. The molecule has 1 aromatic carbocycles. The van der Waals surface area contributed by atoms with Crippen molar-refractivity contribution in [3.8, 4) is 5.75 Å². The van der Waals surface area contributed by atoms with Crippen LogP contribution in [0.1, 0.15) is 0 Å². The van der Waals surface area contributed by atoms with Crippen LogP contribution in [-0.2, 0) is 11.3 Å². The number of hydrogen-bond acceptors (Lipinski definition) is 3. The van der Waals surface area contributed by atoms with Crippen LogP contribution in [0.2, 0.25) is 5.15 Å². The number of benzene rings is 1. The summed E-state index contributed by atoms with van der Waals surface area (Å²) >= 11 is 4.06. The van der Waals surface area contributed by atoms with E-state index in [-0.39, 0.29) is 0 Å². The van der Waals surface area contributed by atoms with Gasteiger partial charge in [0.2, 0.25) is 0 Å². The molecule has 0 saturated heterocycles. The Bertz CT molecular complexity index is 533. The largest absolute Gasteiger partial charge is 0.389 e. The van der Waals surface area contributed by atoms with Crippen molar-refractivity contribution in [2.24, 2.45) is 5.14 Å². The normalized spacial score (nSPS) is 12.7. The summed E-state index contributed by atoms with van der Waals surface area (Å²) in [5.41, 5.74) is 0. The number of rotatable bonds is 2. The van der Waals surface area contributed by atoms with Gasteiger partial charge in [-0.2, -0.15) is 4.21 Å². The highest BCUT2D eigenvalue weighted by Gasteiger charge is 2.03. The summed E-state index contributed by atoms with van der Waals surface area (Å²) < 4.78 is 15.5. The van der Waals surface area contributed by atoms with Crippen molar-refractivity contribution < 1.29 is 8.39 Å². The van der Waals surface area contributed by atoms with Gasteiger partial charge in [0.1, 0.15) is 10.9 Å². The van der Waals surface area contributed by atoms with Crippen molar-refractivity contribution in [3.05, 3.63) is 35.6 Å². The summed E-state index contributed by atoms with van der Waals surface area (Å²) in [4.78, 5) is 3.93. The average Bonchev–Trinajstić information content (AvgIpc) is 2.18. The van der Waals surface area contributed by atoms with Crippen molar-refractivity contribution in [1.29, 1.82) is 0 Å². The number of nitrogens with two attached hydrogens (primary N) is 1. The van der Waals surface area contributed by atoms with Crippen LogP contribution in [0.5, 0.6) is 5.75 Å². The SMILES string of the molecule is NS(=O)Oc1ccc2ccnc(Cl)c2c1. The lowest BCUT2D eigenvalue weighted by atomic mass is 10.2. The average molecular weight is 243 g/mol. The first-order valence-corrected chi connectivity index (χ1v) is 5.57. The molecular weight excluding hydrogens is 236 g/mol. The fourth-order valence-electron chi connectivity index (χ4n) is 1.26. The smallest absolute Gasteiger partial charge is 0.285 e. The summed E-state index contributed by atoms with van der Waals surface area (Å²) in [6.45, 7) is 0. The van der Waals surface area contributed by atoms with Gasteiger partial charge in [-0.05, 0) is 23.6 Å². The first-order valence-electron chi connectivity index (χ1n) is 4.05. The summed E-state index contributed by atoms with van der Waals surface area (Å²) in [6, 6.07) is 6.94. The number of aromatic nitrogens is 1. The molecule has 0 aliphatic rings. The molecule has 0 amide bonds. The van der Waals surface area contributed by atoms with Crippen LogP contribution in [-0.4, -0.2) is 9.19 Å². The summed E-state index contributed by atoms with van der Waals surface area (Å²) in [6.07, 6.45) is 1.62. The lowest BCUT2D eigenvalue weighted by Gasteiger charge is -2.03. The molecule has 2 N–H and O–H groups in total. The highest BCUT2D eigenvalue weighted by Crippen LogP contribution is 2.25. The Morgan fingerprint density at radius 2 is 2.20 bits per heavy atom.